The normalized spacial score (nSPS) is 20.9. The molecule has 0 aliphatic heterocycles. The average molecular weight is 324 g/mol. The Morgan fingerprint density at radius 2 is 1.83 bits per heavy atom. The summed E-state index contributed by atoms with van der Waals surface area (Å²) < 4.78 is 0. The highest BCUT2D eigenvalue weighted by Gasteiger charge is 2.34. The third-order valence-corrected chi connectivity index (χ3v) is 4.75. The first-order valence-electron chi connectivity index (χ1n) is 8.61. The summed E-state index contributed by atoms with van der Waals surface area (Å²) >= 11 is 0. The predicted molar refractivity (Wildman–Crippen MR) is 93.4 cm³/mol. The van der Waals surface area contributed by atoms with E-state index in [-0.39, 0.29) is 18.1 Å². The average Bonchev–Trinajstić information content (AvgIpc) is 2.58. The van der Waals surface area contributed by atoms with E-state index in [1.807, 2.05) is 30.3 Å². The van der Waals surface area contributed by atoms with Crippen LogP contribution in [0.25, 0.3) is 0 Å². The molecule has 0 bridgehead atoms. The van der Waals surface area contributed by atoms with Crippen LogP contribution in [0.2, 0.25) is 0 Å². The van der Waals surface area contributed by atoms with Crippen molar-refractivity contribution in [2.45, 2.75) is 44.2 Å². The molecule has 2 aromatic rings. The van der Waals surface area contributed by atoms with Gasteiger partial charge in [0.25, 0.3) is 0 Å². The molecule has 0 saturated heterocycles. The molecule has 4 heteroatoms. The van der Waals surface area contributed by atoms with Crippen LogP contribution in [0.4, 0.5) is 0 Å². The first-order chi connectivity index (χ1) is 11.7. The van der Waals surface area contributed by atoms with Gasteiger partial charge in [0.2, 0.25) is 5.91 Å². The molecule has 126 valence electrons. The summed E-state index contributed by atoms with van der Waals surface area (Å²) in [5, 5.41) is 12.8. The Kier molecular flexibility index (Phi) is 5.59. The number of pyridine rings is 1. The smallest absolute Gasteiger partial charge is 0.220 e. The topological polar surface area (TPSA) is 62.2 Å². The van der Waals surface area contributed by atoms with E-state index in [0.29, 0.717) is 12.3 Å². The molecular weight excluding hydrogens is 300 g/mol. The van der Waals surface area contributed by atoms with Crippen molar-refractivity contribution in [1.82, 2.24) is 10.3 Å². The van der Waals surface area contributed by atoms with Gasteiger partial charge in [-0.3, -0.25) is 9.78 Å². The molecule has 1 aliphatic rings. The molecule has 0 spiro atoms. The number of aliphatic hydroxyl groups excluding tert-OH is 1. The van der Waals surface area contributed by atoms with E-state index in [2.05, 4.69) is 22.4 Å². The van der Waals surface area contributed by atoms with Gasteiger partial charge in [0.05, 0.1) is 6.10 Å². The van der Waals surface area contributed by atoms with E-state index in [9.17, 15) is 9.90 Å². The predicted octanol–water partition coefficient (Wildman–Crippen LogP) is 2.51. The fourth-order valence-corrected chi connectivity index (χ4v) is 3.25. The van der Waals surface area contributed by atoms with Crippen LogP contribution in [-0.4, -0.2) is 28.1 Å². The van der Waals surface area contributed by atoms with Crippen LogP contribution in [0, 0.1) is 5.92 Å². The van der Waals surface area contributed by atoms with Crippen molar-refractivity contribution in [2.75, 3.05) is 0 Å². The molecule has 24 heavy (non-hydrogen) atoms. The van der Waals surface area contributed by atoms with Gasteiger partial charge >= 0.3 is 0 Å². The second-order valence-corrected chi connectivity index (χ2v) is 6.60. The Bertz CT molecular complexity index is 639. The molecule has 1 aromatic heterocycles. The lowest BCUT2D eigenvalue weighted by Gasteiger charge is -2.38. The largest absolute Gasteiger partial charge is 0.393 e. The third-order valence-electron chi connectivity index (χ3n) is 4.75. The number of aromatic nitrogens is 1. The maximum atomic E-state index is 12.4. The lowest BCUT2D eigenvalue weighted by Crippen LogP contribution is -2.48. The zero-order chi connectivity index (χ0) is 16.8. The van der Waals surface area contributed by atoms with E-state index in [4.69, 9.17) is 0 Å². The minimum atomic E-state index is -0.206. The lowest BCUT2D eigenvalue weighted by atomic mass is 9.75. The molecular formula is C20H24N2O2. The number of rotatable bonds is 7. The molecule has 4 nitrogen and oxygen atoms in total. The van der Waals surface area contributed by atoms with Crippen LogP contribution in [-0.2, 0) is 17.6 Å². The summed E-state index contributed by atoms with van der Waals surface area (Å²) in [4.78, 5) is 16.3. The fourth-order valence-electron chi connectivity index (χ4n) is 3.25. The Balaban J connectivity index is 1.55. The van der Waals surface area contributed by atoms with Gasteiger partial charge in [-0.1, -0.05) is 30.3 Å². The van der Waals surface area contributed by atoms with Crippen LogP contribution >= 0.6 is 0 Å². The summed E-state index contributed by atoms with van der Waals surface area (Å²) in [6.45, 7) is 0. The van der Waals surface area contributed by atoms with Crippen LogP contribution in [0.15, 0.2) is 54.9 Å². The number of carbonyl (C=O) groups excluding carboxylic acids is 1. The van der Waals surface area contributed by atoms with Crippen LogP contribution in [0.1, 0.15) is 30.4 Å². The van der Waals surface area contributed by atoms with Gasteiger partial charge in [0.1, 0.15) is 0 Å². The monoisotopic (exact) mass is 324 g/mol. The number of aliphatic hydroxyl groups is 1. The summed E-state index contributed by atoms with van der Waals surface area (Å²) in [5.74, 6) is 0.444. The van der Waals surface area contributed by atoms with Crippen LogP contribution in [0.5, 0.6) is 0 Å². The van der Waals surface area contributed by atoms with Gasteiger partial charge in [-0.2, -0.15) is 0 Å². The molecule has 1 saturated carbocycles. The quantitative estimate of drug-likeness (QED) is 0.822. The van der Waals surface area contributed by atoms with Gasteiger partial charge in [-0.25, -0.2) is 0 Å². The summed E-state index contributed by atoms with van der Waals surface area (Å²) in [7, 11) is 0. The molecule has 0 radical (unpaired) electrons. The molecule has 0 unspecified atom stereocenters. The molecule has 1 heterocycles. The maximum Gasteiger partial charge on any atom is 0.220 e. The van der Waals surface area contributed by atoms with Crippen molar-refractivity contribution in [3.63, 3.8) is 0 Å². The Labute approximate surface area is 142 Å². The molecule has 1 aromatic carbocycles. The second kappa shape index (κ2) is 8.06. The number of carbonyl (C=O) groups is 1. The van der Waals surface area contributed by atoms with Gasteiger partial charge in [-0.05, 0) is 54.9 Å². The Morgan fingerprint density at radius 3 is 2.50 bits per heavy atom. The fraction of sp³-hybridized carbons (Fsp3) is 0.400. The Morgan fingerprint density at radius 1 is 1.12 bits per heavy atom. The van der Waals surface area contributed by atoms with Gasteiger partial charge < -0.3 is 10.4 Å². The molecule has 2 N–H and O–H groups in total. The van der Waals surface area contributed by atoms with E-state index < -0.39 is 0 Å². The van der Waals surface area contributed by atoms with Crippen molar-refractivity contribution >= 4 is 5.91 Å². The number of aryl methyl sites for hydroxylation is 1. The number of hydrogen-bond donors (Lipinski definition) is 2. The summed E-state index contributed by atoms with van der Waals surface area (Å²) in [6.07, 6.45) is 6.87. The van der Waals surface area contributed by atoms with Gasteiger partial charge in [-0.15, -0.1) is 0 Å². The minimum Gasteiger partial charge on any atom is -0.393 e. The Hall–Kier alpha value is -2.20. The molecule has 1 fully saturated rings. The first-order valence-corrected chi connectivity index (χ1v) is 8.61. The van der Waals surface area contributed by atoms with Crippen LogP contribution in [0.3, 0.4) is 0 Å². The van der Waals surface area contributed by atoms with E-state index in [1.165, 1.54) is 5.56 Å². The van der Waals surface area contributed by atoms with Crippen molar-refractivity contribution in [3.8, 4) is 0 Å². The SMILES string of the molecule is O=C(CCc1ccncc1)N[C@H](Cc1ccccc1)C1CC(O)C1. The molecule has 1 amide bonds. The summed E-state index contributed by atoms with van der Waals surface area (Å²) in [6, 6.07) is 14.2. The lowest BCUT2D eigenvalue weighted by molar-refractivity contribution is -0.122. The third kappa shape index (κ3) is 4.65. The molecule has 1 aliphatic carbocycles. The summed E-state index contributed by atoms with van der Waals surface area (Å²) in [5.41, 5.74) is 2.34. The van der Waals surface area contributed by atoms with Crippen molar-refractivity contribution in [1.29, 1.82) is 0 Å². The van der Waals surface area contributed by atoms with E-state index in [0.717, 1.165) is 31.2 Å². The highest BCUT2D eigenvalue weighted by molar-refractivity contribution is 5.76. The number of nitrogens with zero attached hydrogens (tertiary/aromatic N) is 1. The van der Waals surface area contributed by atoms with E-state index in [1.54, 1.807) is 12.4 Å². The number of nitrogens with one attached hydrogen (secondary N) is 1. The first kappa shape index (κ1) is 16.7. The zero-order valence-electron chi connectivity index (χ0n) is 13.8. The van der Waals surface area contributed by atoms with Gasteiger partial charge in [0.15, 0.2) is 0 Å². The highest BCUT2D eigenvalue weighted by atomic mass is 16.3. The maximum absolute atomic E-state index is 12.4. The van der Waals surface area contributed by atoms with Crippen LogP contribution < -0.4 is 5.32 Å². The number of benzene rings is 1. The second-order valence-electron chi connectivity index (χ2n) is 6.60. The highest BCUT2D eigenvalue weighted by Crippen LogP contribution is 2.31. The number of amides is 1. The van der Waals surface area contributed by atoms with E-state index >= 15 is 0 Å². The minimum absolute atomic E-state index is 0.0779. The van der Waals surface area contributed by atoms with Crippen molar-refractivity contribution in [3.05, 3.63) is 66.0 Å². The number of hydrogen-bond acceptors (Lipinski definition) is 3. The van der Waals surface area contributed by atoms with Crippen molar-refractivity contribution < 1.29 is 9.90 Å². The van der Waals surface area contributed by atoms with Crippen molar-refractivity contribution in [2.24, 2.45) is 5.92 Å². The molecule has 3 rings (SSSR count). The standard InChI is InChI=1S/C20H24N2O2/c23-18-13-17(14-18)19(12-16-4-2-1-3-5-16)22-20(24)7-6-15-8-10-21-11-9-15/h1-5,8-11,17-19,23H,6-7,12-14H2,(H,22,24)/t17?,18?,19-/m1/s1. The molecule has 1 atom stereocenters. The van der Waals surface area contributed by atoms with Gasteiger partial charge in [0, 0.05) is 24.9 Å². The zero-order valence-corrected chi connectivity index (χ0v) is 13.8.